The molecular weight excluding hydrogens is 370 g/mol. The number of imide groups is 1. The number of carbonyl (C=O) groups is 3. The van der Waals surface area contributed by atoms with Crippen molar-refractivity contribution in [1.82, 2.24) is 5.01 Å². The molecule has 2 atom stereocenters. The highest BCUT2D eigenvalue weighted by Gasteiger charge is 2.55. The van der Waals surface area contributed by atoms with Gasteiger partial charge in [0, 0.05) is 5.69 Å². The molecule has 1 fully saturated rings. The van der Waals surface area contributed by atoms with Gasteiger partial charge >= 0.3 is 0 Å². The monoisotopic (exact) mass is 391 g/mol. The molecule has 2 aliphatic rings. The van der Waals surface area contributed by atoms with Crippen molar-refractivity contribution >= 4 is 29.1 Å². The van der Waals surface area contributed by atoms with E-state index in [1.165, 1.54) is 5.01 Å². The first-order valence-corrected chi connectivity index (χ1v) is 9.48. The van der Waals surface area contributed by atoms with Crippen molar-refractivity contribution < 1.29 is 14.4 Å². The van der Waals surface area contributed by atoms with E-state index in [9.17, 15) is 14.4 Å². The molecule has 0 unspecified atom stereocenters. The molecule has 8 nitrogen and oxygen atoms in total. The lowest BCUT2D eigenvalue weighted by Gasteiger charge is -2.20. The fourth-order valence-corrected chi connectivity index (χ4v) is 3.47. The van der Waals surface area contributed by atoms with Crippen LogP contribution in [0.1, 0.15) is 18.1 Å². The van der Waals surface area contributed by atoms with Crippen LogP contribution in [-0.2, 0) is 20.8 Å². The Morgan fingerprint density at radius 2 is 1.72 bits per heavy atom. The van der Waals surface area contributed by atoms with Crippen LogP contribution in [-0.4, -0.2) is 41.4 Å². The van der Waals surface area contributed by atoms with Gasteiger partial charge in [-0.05, 0) is 43.2 Å². The number of anilines is 2. The molecule has 29 heavy (non-hydrogen) atoms. The van der Waals surface area contributed by atoms with Crippen molar-refractivity contribution in [3.63, 3.8) is 0 Å². The fourth-order valence-electron chi connectivity index (χ4n) is 3.47. The Kier molecular flexibility index (Phi) is 4.84. The molecule has 2 aliphatic heterocycles. The van der Waals surface area contributed by atoms with E-state index in [4.69, 9.17) is 0 Å². The minimum atomic E-state index is -0.916. The van der Waals surface area contributed by atoms with Crippen molar-refractivity contribution in [2.24, 2.45) is 10.3 Å². The number of hydrogen-bond acceptors (Lipinski definition) is 6. The Labute approximate surface area is 168 Å². The number of amides is 3. The van der Waals surface area contributed by atoms with Gasteiger partial charge in [-0.3, -0.25) is 19.4 Å². The lowest BCUT2D eigenvalue weighted by Crippen LogP contribution is -2.43. The Hall–Kier alpha value is -3.55. The molecule has 1 N–H and O–H groups in total. The van der Waals surface area contributed by atoms with E-state index in [1.807, 2.05) is 38.1 Å². The maximum atomic E-state index is 13.0. The van der Waals surface area contributed by atoms with Crippen LogP contribution in [0.3, 0.4) is 0 Å². The number of benzene rings is 2. The third-order valence-electron chi connectivity index (χ3n) is 5.10. The van der Waals surface area contributed by atoms with Crippen LogP contribution in [0.15, 0.2) is 58.9 Å². The third-order valence-corrected chi connectivity index (χ3v) is 5.10. The van der Waals surface area contributed by atoms with Crippen LogP contribution >= 0.6 is 0 Å². The lowest BCUT2D eigenvalue weighted by atomic mass is 10.1. The molecule has 0 bridgehead atoms. The van der Waals surface area contributed by atoms with Crippen molar-refractivity contribution in [3.8, 4) is 0 Å². The zero-order valence-electron chi connectivity index (χ0n) is 16.2. The molecule has 2 aromatic carbocycles. The Bertz CT molecular complexity index is 984. The highest BCUT2D eigenvalue weighted by Crippen LogP contribution is 2.31. The number of fused-ring (bicyclic) bond motifs is 1. The van der Waals surface area contributed by atoms with Gasteiger partial charge in [0.2, 0.25) is 5.91 Å². The standard InChI is InChI=1S/C21H21N5O3/c1-3-14-6-10-16(11-7-14)26-20(28)18-19(21(26)29)25(24-23-18)12-17(27)22-15-8-4-13(2)5-9-15/h4-11,18-19H,3,12H2,1-2H3,(H,22,27)/t18-,19-/m1/s1. The van der Waals surface area contributed by atoms with Gasteiger partial charge in [0.1, 0.15) is 6.54 Å². The maximum Gasteiger partial charge on any atom is 0.263 e. The fraction of sp³-hybridized carbons (Fsp3) is 0.286. The molecule has 2 aromatic rings. The van der Waals surface area contributed by atoms with Crippen LogP contribution in [0.4, 0.5) is 11.4 Å². The number of carbonyl (C=O) groups excluding carboxylic acids is 3. The van der Waals surface area contributed by atoms with E-state index in [0.29, 0.717) is 11.4 Å². The minimum absolute atomic E-state index is 0.166. The summed E-state index contributed by atoms with van der Waals surface area (Å²) in [5, 5.41) is 11.9. The van der Waals surface area contributed by atoms with Gasteiger partial charge < -0.3 is 5.32 Å². The van der Waals surface area contributed by atoms with Crippen LogP contribution in [0.25, 0.3) is 0 Å². The Morgan fingerprint density at radius 3 is 2.38 bits per heavy atom. The molecule has 3 amide bonds. The van der Waals surface area contributed by atoms with Gasteiger partial charge in [-0.15, -0.1) is 0 Å². The van der Waals surface area contributed by atoms with E-state index in [2.05, 4.69) is 15.7 Å². The highest BCUT2D eigenvalue weighted by atomic mass is 16.2. The molecular formula is C21H21N5O3. The molecule has 4 rings (SSSR count). The van der Waals surface area contributed by atoms with E-state index in [-0.39, 0.29) is 12.5 Å². The summed E-state index contributed by atoms with van der Waals surface area (Å²) in [4.78, 5) is 39.2. The van der Waals surface area contributed by atoms with Crippen molar-refractivity contribution in [3.05, 3.63) is 59.7 Å². The van der Waals surface area contributed by atoms with Gasteiger partial charge in [0.25, 0.3) is 11.8 Å². The Morgan fingerprint density at radius 1 is 1.03 bits per heavy atom. The van der Waals surface area contributed by atoms with E-state index >= 15 is 0 Å². The first-order chi connectivity index (χ1) is 14.0. The number of hydrogen-bond donors (Lipinski definition) is 1. The van der Waals surface area contributed by atoms with E-state index < -0.39 is 23.9 Å². The molecule has 0 spiro atoms. The zero-order valence-corrected chi connectivity index (χ0v) is 16.2. The summed E-state index contributed by atoms with van der Waals surface area (Å²) in [5.41, 5.74) is 3.36. The van der Waals surface area contributed by atoms with Gasteiger partial charge in [0.05, 0.1) is 5.69 Å². The summed E-state index contributed by atoms with van der Waals surface area (Å²) in [6.45, 7) is 3.83. The second-order valence-corrected chi connectivity index (χ2v) is 7.14. The summed E-state index contributed by atoms with van der Waals surface area (Å²) in [5.74, 6) is -1.17. The Balaban J connectivity index is 1.47. The highest BCUT2D eigenvalue weighted by molar-refractivity contribution is 6.25. The predicted molar refractivity (Wildman–Crippen MR) is 107 cm³/mol. The second-order valence-electron chi connectivity index (χ2n) is 7.14. The van der Waals surface area contributed by atoms with Crippen LogP contribution in [0.2, 0.25) is 0 Å². The number of aryl methyl sites for hydroxylation is 2. The van der Waals surface area contributed by atoms with Crippen LogP contribution in [0, 0.1) is 6.92 Å². The van der Waals surface area contributed by atoms with Crippen molar-refractivity contribution in [1.29, 1.82) is 0 Å². The summed E-state index contributed by atoms with van der Waals surface area (Å²) in [6, 6.07) is 12.8. The van der Waals surface area contributed by atoms with E-state index in [1.54, 1.807) is 24.3 Å². The molecule has 0 aliphatic carbocycles. The molecule has 2 heterocycles. The van der Waals surface area contributed by atoms with Gasteiger partial charge in [0.15, 0.2) is 12.1 Å². The topological polar surface area (TPSA) is 94.4 Å². The molecule has 1 saturated heterocycles. The quantitative estimate of drug-likeness (QED) is 0.793. The minimum Gasteiger partial charge on any atom is -0.324 e. The first-order valence-electron chi connectivity index (χ1n) is 9.48. The number of nitrogens with zero attached hydrogens (tertiary/aromatic N) is 4. The van der Waals surface area contributed by atoms with Gasteiger partial charge in [-0.25, -0.2) is 4.90 Å². The smallest absolute Gasteiger partial charge is 0.263 e. The summed E-state index contributed by atoms with van der Waals surface area (Å²) in [7, 11) is 0. The summed E-state index contributed by atoms with van der Waals surface area (Å²) < 4.78 is 0. The average molecular weight is 391 g/mol. The average Bonchev–Trinajstić information content (AvgIpc) is 3.23. The molecule has 8 heteroatoms. The predicted octanol–water partition coefficient (Wildman–Crippen LogP) is 2.49. The largest absolute Gasteiger partial charge is 0.324 e. The van der Waals surface area contributed by atoms with Gasteiger partial charge in [-0.2, -0.15) is 5.11 Å². The number of rotatable bonds is 5. The van der Waals surface area contributed by atoms with E-state index in [0.717, 1.165) is 22.4 Å². The third kappa shape index (κ3) is 3.49. The maximum absolute atomic E-state index is 13.0. The molecule has 0 radical (unpaired) electrons. The summed E-state index contributed by atoms with van der Waals surface area (Å²) >= 11 is 0. The zero-order chi connectivity index (χ0) is 20.5. The molecule has 0 saturated carbocycles. The van der Waals surface area contributed by atoms with Crippen molar-refractivity contribution in [2.75, 3.05) is 16.8 Å². The van der Waals surface area contributed by atoms with Crippen LogP contribution in [0.5, 0.6) is 0 Å². The number of nitrogens with one attached hydrogen (secondary N) is 1. The van der Waals surface area contributed by atoms with Crippen LogP contribution < -0.4 is 10.2 Å². The summed E-state index contributed by atoms with van der Waals surface area (Å²) in [6.07, 6.45) is 0.867. The first kappa shape index (κ1) is 18.8. The molecule has 0 aromatic heterocycles. The SMILES string of the molecule is CCc1ccc(N2C(=O)[C@@H]3N=NN(CC(=O)Nc4ccc(C)cc4)[C@H]3C2=O)cc1. The normalized spacial score (nSPS) is 20.3. The second kappa shape index (κ2) is 7.46. The van der Waals surface area contributed by atoms with Crippen molar-refractivity contribution in [2.45, 2.75) is 32.4 Å². The van der Waals surface area contributed by atoms with Gasteiger partial charge in [-0.1, -0.05) is 42.0 Å². The lowest BCUT2D eigenvalue weighted by molar-refractivity contribution is -0.123. The molecule has 148 valence electrons.